The summed E-state index contributed by atoms with van der Waals surface area (Å²) in [5, 5.41) is 10.2. The van der Waals surface area contributed by atoms with Crippen LogP contribution in [0.25, 0.3) is 0 Å². The number of anilines is 1. The van der Waals surface area contributed by atoms with Crippen LogP contribution >= 0.6 is 23.4 Å². The lowest BCUT2D eigenvalue weighted by atomic mass is 10.3. The van der Waals surface area contributed by atoms with Crippen molar-refractivity contribution in [2.24, 2.45) is 0 Å². The molecule has 5 heteroatoms. The molecule has 1 aromatic heterocycles. The van der Waals surface area contributed by atoms with Gasteiger partial charge in [0.2, 0.25) is 0 Å². The number of aromatic nitrogens is 1. The minimum Gasteiger partial charge on any atom is -0.397 e. The molecule has 84 valence electrons. The molecule has 2 N–H and O–H groups in total. The monoisotopic (exact) mass is 261 g/mol. The zero-order valence-electron chi connectivity index (χ0n) is 8.72. The Bertz CT molecular complexity index is 593. The van der Waals surface area contributed by atoms with Crippen molar-refractivity contribution in [3.63, 3.8) is 0 Å². The van der Waals surface area contributed by atoms with Crippen LogP contribution in [0.3, 0.4) is 0 Å². The number of nitrogen functional groups attached to an aromatic ring is 1. The molecule has 2 rings (SSSR count). The molecule has 0 aliphatic heterocycles. The highest BCUT2D eigenvalue weighted by Gasteiger charge is 2.08. The largest absolute Gasteiger partial charge is 0.397 e. The molecule has 1 aromatic carbocycles. The highest BCUT2D eigenvalue weighted by Crippen LogP contribution is 2.33. The third-order valence-electron chi connectivity index (χ3n) is 2.04. The van der Waals surface area contributed by atoms with Crippen molar-refractivity contribution in [3.8, 4) is 6.07 Å². The Balaban J connectivity index is 2.37. The second-order valence-corrected chi connectivity index (χ2v) is 4.70. The predicted octanol–water partition coefficient (Wildman–Crippen LogP) is 3.34. The number of benzene rings is 1. The molecule has 2 aromatic rings. The van der Waals surface area contributed by atoms with Crippen LogP contribution < -0.4 is 5.73 Å². The Morgan fingerprint density at radius 3 is 2.82 bits per heavy atom. The van der Waals surface area contributed by atoms with Crippen LogP contribution in [0.15, 0.2) is 46.5 Å². The van der Waals surface area contributed by atoms with Gasteiger partial charge in [-0.05, 0) is 18.2 Å². The van der Waals surface area contributed by atoms with Gasteiger partial charge in [0.05, 0.1) is 22.5 Å². The van der Waals surface area contributed by atoms with E-state index < -0.39 is 0 Å². The first kappa shape index (κ1) is 11.8. The molecule has 0 bridgehead atoms. The summed E-state index contributed by atoms with van der Waals surface area (Å²) < 4.78 is 0. The first-order valence-electron chi connectivity index (χ1n) is 4.78. The minimum atomic E-state index is 0.454. The van der Waals surface area contributed by atoms with E-state index in [0.717, 1.165) is 4.90 Å². The van der Waals surface area contributed by atoms with E-state index in [1.807, 2.05) is 18.2 Å². The molecule has 0 radical (unpaired) electrons. The second-order valence-electron chi connectivity index (χ2n) is 3.27. The van der Waals surface area contributed by atoms with E-state index in [-0.39, 0.29) is 0 Å². The van der Waals surface area contributed by atoms with Gasteiger partial charge in [-0.3, -0.25) is 0 Å². The highest BCUT2D eigenvalue weighted by molar-refractivity contribution is 7.99. The zero-order valence-corrected chi connectivity index (χ0v) is 10.3. The third kappa shape index (κ3) is 2.70. The van der Waals surface area contributed by atoms with Gasteiger partial charge in [0.25, 0.3) is 0 Å². The predicted molar refractivity (Wildman–Crippen MR) is 68.9 cm³/mol. The van der Waals surface area contributed by atoms with Crippen LogP contribution in [0.2, 0.25) is 5.02 Å². The molecule has 3 nitrogen and oxygen atoms in total. The summed E-state index contributed by atoms with van der Waals surface area (Å²) in [4.78, 5) is 5.01. The maximum absolute atomic E-state index is 9.00. The molecule has 17 heavy (non-hydrogen) atoms. The van der Waals surface area contributed by atoms with E-state index in [0.29, 0.717) is 21.3 Å². The van der Waals surface area contributed by atoms with Crippen LogP contribution in [0.4, 0.5) is 5.69 Å². The van der Waals surface area contributed by atoms with Crippen molar-refractivity contribution in [1.29, 1.82) is 5.26 Å². The normalized spacial score (nSPS) is 9.88. The number of nitrogens with zero attached hydrogens (tertiary/aromatic N) is 2. The third-order valence-corrected chi connectivity index (χ3v) is 3.57. The van der Waals surface area contributed by atoms with E-state index in [9.17, 15) is 0 Å². The van der Waals surface area contributed by atoms with Gasteiger partial charge in [-0.15, -0.1) is 0 Å². The van der Waals surface area contributed by atoms with Gasteiger partial charge >= 0.3 is 0 Å². The van der Waals surface area contributed by atoms with Gasteiger partial charge in [-0.25, -0.2) is 4.98 Å². The standard InChI is InChI=1S/C12H8ClN3S/c13-10-3-1-2-4-11(10)17-12-8(6-14)5-9(15)7-16-12/h1-5,7H,15H2. The Hall–Kier alpha value is -1.70. The van der Waals surface area contributed by atoms with Gasteiger partial charge < -0.3 is 5.73 Å². The second kappa shape index (κ2) is 5.09. The van der Waals surface area contributed by atoms with Crippen LogP contribution in [0, 0.1) is 11.3 Å². The molecule has 1 heterocycles. The number of halogens is 1. The van der Waals surface area contributed by atoms with Crippen molar-refractivity contribution >= 4 is 29.1 Å². The molecule has 0 unspecified atom stereocenters. The first-order chi connectivity index (χ1) is 8.20. The molecule has 0 amide bonds. The van der Waals surface area contributed by atoms with Gasteiger partial charge in [-0.2, -0.15) is 5.26 Å². The number of hydrogen-bond acceptors (Lipinski definition) is 4. The van der Waals surface area contributed by atoms with Crippen LogP contribution in [-0.2, 0) is 0 Å². The summed E-state index contributed by atoms with van der Waals surface area (Å²) in [6, 6.07) is 11.1. The minimum absolute atomic E-state index is 0.454. The van der Waals surface area contributed by atoms with Crippen molar-refractivity contribution < 1.29 is 0 Å². The zero-order chi connectivity index (χ0) is 12.3. The van der Waals surface area contributed by atoms with Crippen molar-refractivity contribution in [2.45, 2.75) is 9.92 Å². The molecule has 0 saturated carbocycles. The average molecular weight is 262 g/mol. The van der Waals surface area contributed by atoms with E-state index in [4.69, 9.17) is 22.6 Å². The quantitative estimate of drug-likeness (QED) is 0.901. The molecular formula is C12H8ClN3S. The molecule has 0 spiro atoms. The summed E-state index contributed by atoms with van der Waals surface area (Å²) in [6.45, 7) is 0. The smallest absolute Gasteiger partial charge is 0.119 e. The van der Waals surface area contributed by atoms with Gasteiger partial charge in [0.15, 0.2) is 0 Å². The maximum atomic E-state index is 9.00. The van der Waals surface area contributed by atoms with Crippen LogP contribution in [0.1, 0.15) is 5.56 Å². The van der Waals surface area contributed by atoms with Crippen molar-refractivity contribution in [2.75, 3.05) is 5.73 Å². The Morgan fingerprint density at radius 1 is 1.35 bits per heavy atom. The van der Waals surface area contributed by atoms with Crippen LogP contribution in [0.5, 0.6) is 0 Å². The fourth-order valence-electron chi connectivity index (χ4n) is 1.26. The van der Waals surface area contributed by atoms with E-state index in [2.05, 4.69) is 11.1 Å². The van der Waals surface area contributed by atoms with Crippen molar-refractivity contribution in [3.05, 3.63) is 47.1 Å². The number of hydrogen-bond donors (Lipinski definition) is 1. The molecule has 0 aliphatic carbocycles. The number of nitrogens with two attached hydrogens (primary N) is 1. The van der Waals surface area contributed by atoms with E-state index >= 15 is 0 Å². The molecular weight excluding hydrogens is 254 g/mol. The topological polar surface area (TPSA) is 62.7 Å². The molecule has 0 aliphatic rings. The molecule has 0 fully saturated rings. The lowest BCUT2D eigenvalue weighted by Crippen LogP contribution is -1.92. The Labute approximate surface area is 108 Å². The average Bonchev–Trinajstić information content (AvgIpc) is 2.34. The lowest BCUT2D eigenvalue weighted by molar-refractivity contribution is 1.11. The number of nitriles is 1. The number of rotatable bonds is 2. The SMILES string of the molecule is N#Cc1cc(N)cnc1Sc1ccccc1Cl. The Morgan fingerprint density at radius 2 is 2.12 bits per heavy atom. The van der Waals surface area contributed by atoms with Gasteiger partial charge in [0.1, 0.15) is 11.1 Å². The fraction of sp³-hybridized carbons (Fsp3) is 0. The maximum Gasteiger partial charge on any atom is 0.119 e. The molecule has 0 atom stereocenters. The summed E-state index contributed by atoms with van der Waals surface area (Å²) in [6.07, 6.45) is 1.53. The molecule has 0 saturated heterocycles. The number of pyridine rings is 1. The van der Waals surface area contributed by atoms with E-state index in [1.54, 1.807) is 12.1 Å². The first-order valence-corrected chi connectivity index (χ1v) is 5.98. The Kier molecular flexibility index (Phi) is 3.52. The van der Waals surface area contributed by atoms with E-state index in [1.165, 1.54) is 18.0 Å². The van der Waals surface area contributed by atoms with Crippen LogP contribution in [-0.4, -0.2) is 4.98 Å². The lowest BCUT2D eigenvalue weighted by Gasteiger charge is -2.05. The van der Waals surface area contributed by atoms with Crippen molar-refractivity contribution in [1.82, 2.24) is 4.98 Å². The highest BCUT2D eigenvalue weighted by atomic mass is 35.5. The summed E-state index contributed by atoms with van der Waals surface area (Å²) >= 11 is 7.40. The summed E-state index contributed by atoms with van der Waals surface area (Å²) in [7, 11) is 0. The fourth-order valence-corrected chi connectivity index (χ4v) is 2.35. The summed E-state index contributed by atoms with van der Waals surface area (Å²) in [5.41, 5.74) is 6.51. The summed E-state index contributed by atoms with van der Waals surface area (Å²) in [5.74, 6) is 0. The van der Waals surface area contributed by atoms with Gasteiger partial charge in [-0.1, -0.05) is 35.5 Å². The van der Waals surface area contributed by atoms with Gasteiger partial charge in [0, 0.05) is 4.90 Å².